The van der Waals surface area contributed by atoms with Gasteiger partial charge in [0.1, 0.15) is 11.5 Å². The summed E-state index contributed by atoms with van der Waals surface area (Å²) in [5.41, 5.74) is 9.76. The summed E-state index contributed by atoms with van der Waals surface area (Å²) in [7, 11) is 0. The first-order chi connectivity index (χ1) is 18.3. The minimum atomic E-state index is -0.0540. The topological polar surface area (TPSA) is 9.23 Å². The van der Waals surface area contributed by atoms with Crippen LogP contribution in [-0.2, 0) is 21.7 Å². The predicted octanol–water partition coefficient (Wildman–Crippen LogP) is 12.0. The smallest absolute Gasteiger partial charge is 0.134 e. The highest BCUT2D eigenvalue weighted by Gasteiger charge is 2.33. The van der Waals surface area contributed by atoms with E-state index < -0.39 is 0 Å². The molecule has 40 heavy (non-hydrogen) atoms. The van der Waals surface area contributed by atoms with E-state index in [1.807, 2.05) is 0 Å². The number of rotatable bonds is 13. The van der Waals surface area contributed by atoms with E-state index in [-0.39, 0.29) is 27.6 Å². The molecule has 0 heterocycles. The van der Waals surface area contributed by atoms with E-state index in [0.717, 1.165) is 31.4 Å². The first-order valence-corrected chi connectivity index (χ1v) is 15.7. The standard InChI is InChI=1S/C39H60O/c1-17-26(6)40-35-32(23-30(37(11,12)19-3)25-34(35)39(15,16)21-5)27(7)31-22-29(36(9,10)18-2)24-33(28(31)8)38(13,14)20-4/h17,22-25,27H,1,6,18-21H2,2-5,7-16H3. The van der Waals surface area contributed by atoms with E-state index in [2.05, 4.69) is 134 Å². The van der Waals surface area contributed by atoms with Crippen molar-refractivity contribution < 1.29 is 4.74 Å². The van der Waals surface area contributed by atoms with Gasteiger partial charge in [-0.05, 0) is 88.2 Å². The molecule has 2 aromatic carbocycles. The van der Waals surface area contributed by atoms with E-state index in [9.17, 15) is 0 Å². The third kappa shape index (κ3) is 6.78. The fourth-order valence-corrected chi connectivity index (χ4v) is 5.39. The number of allylic oxidation sites excluding steroid dienone is 1. The Labute approximate surface area is 248 Å². The molecule has 2 rings (SSSR count). The van der Waals surface area contributed by atoms with Crippen molar-refractivity contribution >= 4 is 0 Å². The Hall–Kier alpha value is -2.28. The molecule has 1 atom stereocenters. The molecule has 0 saturated heterocycles. The fraction of sp³-hybridized carbons (Fsp3) is 0.590. The molecule has 1 heteroatoms. The maximum Gasteiger partial charge on any atom is 0.134 e. The second-order valence-corrected chi connectivity index (χ2v) is 14.6. The van der Waals surface area contributed by atoms with Crippen molar-refractivity contribution in [2.45, 2.75) is 150 Å². The van der Waals surface area contributed by atoms with Gasteiger partial charge >= 0.3 is 0 Å². The second-order valence-electron chi connectivity index (χ2n) is 14.6. The number of hydrogen-bond donors (Lipinski definition) is 0. The van der Waals surface area contributed by atoms with Crippen LogP contribution in [0.3, 0.4) is 0 Å². The molecule has 0 radical (unpaired) electrons. The van der Waals surface area contributed by atoms with Crippen LogP contribution in [0.4, 0.5) is 0 Å². The summed E-state index contributed by atoms with van der Waals surface area (Å²) in [6.07, 6.45) is 6.00. The summed E-state index contributed by atoms with van der Waals surface area (Å²) in [6, 6.07) is 9.83. The van der Waals surface area contributed by atoms with Gasteiger partial charge in [-0.1, -0.05) is 127 Å². The van der Waals surface area contributed by atoms with Gasteiger partial charge in [0.2, 0.25) is 0 Å². The normalized spacial score (nSPS) is 13.8. The van der Waals surface area contributed by atoms with Crippen LogP contribution in [0.25, 0.3) is 0 Å². The van der Waals surface area contributed by atoms with Gasteiger partial charge in [-0.2, -0.15) is 0 Å². The van der Waals surface area contributed by atoms with Crippen LogP contribution in [0.2, 0.25) is 0 Å². The van der Waals surface area contributed by atoms with Crippen LogP contribution in [0.15, 0.2) is 49.3 Å². The van der Waals surface area contributed by atoms with Gasteiger partial charge in [-0.15, -0.1) is 0 Å². The van der Waals surface area contributed by atoms with Gasteiger partial charge in [0, 0.05) is 17.0 Å². The molecule has 0 aliphatic rings. The van der Waals surface area contributed by atoms with Crippen LogP contribution in [0, 0.1) is 6.92 Å². The maximum absolute atomic E-state index is 6.62. The van der Waals surface area contributed by atoms with E-state index in [4.69, 9.17) is 4.74 Å². The summed E-state index contributed by atoms with van der Waals surface area (Å²) in [6.45, 7) is 40.9. The van der Waals surface area contributed by atoms with Crippen molar-refractivity contribution in [3.63, 3.8) is 0 Å². The fourth-order valence-electron chi connectivity index (χ4n) is 5.39. The Kier molecular flexibility index (Phi) is 10.4. The molecular formula is C39H60O. The first kappa shape index (κ1) is 33.9. The molecule has 0 N–H and O–H groups in total. The first-order valence-electron chi connectivity index (χ1n) is 15.7. The molecule has 0 aromatic heterocycles. The number of ether oxygens (including phenoxy) is 1. The van der Waals surface area contributed by atoms with Crippen molar-refractivity contribution in [3.05, 3.63) is 88.2 Å². The molecule has 0 saturated carbocycles. The van der Waals surface area contributed by atoms with Crippen LogP contribution < -0.4 is 4.74 Å². The van der Waals surface area contributed by atoms with Gasteiger partial charge < -0.3 is 4.74 Å². The number of benzene rings is 2. The third-order valence-corrected chi connectivity index (χ3v) is 10.5. The van der Waals surface area contributed by atoms with E-state index in [1.165, 1.54) is 38.9 Å². The highest BCUT2D eigenvalue weighted by Crippen LogP contribution is 2.47. The van der Waals surface area contributed by atoms with Gasteiger partial charge in [0.15, 0.2) is 0 Å². The molecule has 2 aromatic rings. The minimum absolute atomic E-state index is 0.0530. The van der Waals surface area contributed by atoms with Crippen LogP contribution in [-0.4, -0.2) is 0 Å². The van der Waals surface area contributed by atoms with E-state index >= 15 is 0 Å². The molecule has 0 bridgehead atoms. The minimum Gasteiger partial charge on any atom is -0.457 e. The summed E-state index contributed by atoms with van der Waals surface area (Å²) < 4.78 is 6.62. The Balaban J connectivity index is 3.10. The molecule has 0 aliphatic carbocycles. The van der Waals surface area contributed by atoms with Crippen LogP contribution in [0.1, 0.15) is 161 Å². The average molecular weight is 545 g/mol. The SMILES string of the molecule is C=CC(=C)Oc1c(C(C)c2cc(C(C)(C)CC)cc(C(C)(C)CC)c2C)cc(C(C)(C)CC)cc1C(C)(C)CC. The van der Waals surface area contributed by atoms with E-state index in [0.29, 0.717) is 5.76 Å². The molecule has 1 unspecified atom stereocenters. The van der Waals surface area contributed by atoms with Crippen molar-refractivity contribution in [1.29, 1.82) is 0 Å². The molecule has 0 spiro atoms. The van der Waals surface area contributed by atoms with Gasteiger partial charge in [-0.3, -0.25) is 0 Å². The molecule has 0 amide bonds. The number of hydrogen-bond acceptors (Lipinski definition) is 1. The van der Waals surface area contributed by atoms with Gasteiger partial charge in [0.25, 0.3) is 0 Å². The largest absolute Gasteiger partial charge is 0.457 e. The van der Waals surface area contributed by atoms with E-state index in [1.54, 1.807) is 6.08 Å². The highest BCUT2D eigenvalue weighted by molar-refractivity contribution is 5.56. The molecule has 0 fully saturated rings. The van der Waals surface area contributed by atoms with Crippen LogP contribution >= 0.6 is 0 Å². The lowest BCUT2D eigenvalue weighted by Crippen LogP contribution is -2.24. The quantitative estimate of drug-likeness (QED) is 0.180. The maximum atomic E-state index is 6.62. The zero-order valence-corrected chi connectivity index (χ0v) is 28.6. The monoisotopic (exact) mass is 544 g/mol. The van der Waals surface area contributed by atoms with Gasteiger partial charge in [-0.25, -0.2) is 0 Å². The van der Waals surface area contributed by atoms with Crippen molar-refractivity contribution in [3.8, 4) is 5.75 Å². The van der Waals surface area contributed by atoms with Crippen molar-refractivity contribution in [2.75, 3.05) is 0 Å². The van der Waals surface area contributed by atoms with Crippen molar-refractivity contribution in [2.24, 2.45) is 0 Å². The predicted molar refractivity (Wildman–Crippen MR) is 178 cm³/mol. The lowest BCUT2D eigenvalue weighted by molar-refractivity contribution is 0.404. The van der Waals surface area contributed by atoms with Crippen LogP contribution in [0.5, 0.6) is 5.75 Å². The van der Waals surface area contributed by atoms with Gasteiger partial charge in [0.05, 0.1) is 0 Å². The molecule has 0 aliphatic heterocycles. The Bertz CT molecular complexity index is 1220. The summed E-state index contributed by atoms with van der Waals surface area (Å²) in [4.78, 5) is 0. The summed E-state index contributed by atoms with van der Waals surface area (Å²) >= 11 is 0. The Morgan fingerprint density at radius 1 is 0.700 bits per heavy atom. The lowest BCUT2D eigenvalue weighted by Gasteiger charge is -2.35. The average Bonchev–Trinajstić information content (AvgIpc) is 2.92. The summed E-state index contributed by atoms with van der Waals surface area (Å²) in [5, 5.41) is 0. The molecule has 1 nitrogen and oxygen atoms in total. The lowest BCUT2D eigenvalue weighted by atomic mass is 9.70. The Morgan fingerprint density at radius 2 is 1.10 bits per heavy atom. The zero-order chi connectivity index (χ0) is 30.8. The highest BCUT2D eigenvalue weighted by atomic mass is 16.5. The summed E-state index contributed by atoms with van der Waals surface area (Å²) in [5.74, 6) is 1.69. The molecule has 222 valence electrons. The molecular weight excluding hydrogens is 484 g/mol. The Morgan fingerprint density at radius 3 is 1.52 bits per heavy atom. The zero-order valence-electron chi connectivity index (χ0n) is 28.6. The third-order valence-electron chi connectivity index (χ3n) is 10.5. The second kappa shape index (κ2) is 12.3. The van der Waals surface area contributed by atoms with Crippen molar-refractivity contribution in [1.82, 2.24) is 0 Å².